The molecule has 0 aromatic heterocycles. The Balaban J connectivity index is 2.48. The van der Waals surface area contributed by atoms with Crippen LogP contribution in [-0.4, -0.2) is 6.04 Å². The van der Waals surface area contributed by atoms with Crippen LogP contribution in [0.5, 0.6) is 5.75 Å². The second-order valence-corrected chi connectivity index (χ2v) is 3.62. The van der Waals surface area contributed by atoms with Crippen molar-refractivity contribution in [3.63, 3.8) is 0 Å². The van der Waals surface area contributed by atoms with Crippen molar-refractivity contribution >= 4 is 0 Å². The minimum atomic E-state index is 0.217. The Labute approximate surface area is 91.9 Å². The topological polar surface area (TPSA) is 21.3 Å². The third-order valence-corrected chi connectivity index (χ3v) is 2.30. The third-order valence-electron chi connectivity index (χ3n) is 2.30. The van der Waals surface area contributed by atoms with Gasteiger partial charge in [-0.3, -0.25) is 0 Å². The fourth-order valence-electron chi connectivity index (χ4n) is 1.35. The lowest BCUT2D eigenvalue weighted by Crippen LogP contribution is -2.30. The molecule has 0 saturated carbocycles. The van der Waals surface area contributed by atoms with Gasteiger partial charge in [0, 0.05) is 0 Å². The summed E-state index contributed by atoms with van der Waals surface area (Å²) in [7, 11) is 0. The van der Waals surface area contributed by atoms with E-state index in [9.17, 15) is 0 Å². The van der Waals surface area contributed by atoms with Gasteiger partial charge >= 0.3 is 0 Å². The molecule has 1 rings (SSSR count). The number of rotatable bonds is 6. The summed E-state index contributed by atoms with van der Waals surface area (Å²) >= 11 is 0. The molecule has 0 amide bonds. The van der Waals surface area contributed by atoms with Gasteiger partial charge in [0.15, 0.2) is 0 Å². The van der Waals surface area contributed by atoms with Gasteiger partial charge < -0.3 is 4.84 Å². The summed E-state index contributed by atoms with van der Waals surface area (Å²) in [5.41, 5.74) is 4.14. The molecule has 0 radical (unpaired) electrons. The first kappa shape index (κ1) is 11.8. The van der Waals surface area contributed by atoms with Gasteiger partial charge in [-0.1, -0.05) is 37.6 Å². The van der Waals surface area contributed by atoms with E-state index in [-0.39, 0.29) is 6.04 Å². The molecule has 15 heavy (non-hydrogen) atoms. The van der Waals surface area contributed by atoms with Crippen molar-refractivity contribution in [1.82, 2.24) is 5.48 Å². The van der Waals surface area contributed by atoms with Crippen LogP contribution in [0.2, 0.25) is 0 Å². The molecule has 2 nitrogen and oxygen atoms in total. The largest absolute Gasteiger partial charge is 0.408 e. The maximum absolute atomic E-state index is 5.52. The average Bonchev–Trinajstić information content (AvgIpc) is 2.26. The molecule has 0 aliphatic rings. The monoisotopic (exact) mass is 205 g/mol. The van der Waals surface area contributed by atoms with E-state index in [1.54, 1.807) is 0 Å². The molecule has 1 N–H and O–H groups in total. The Bertz CT molecular complexity index is 309. The summed E-state index contributed by atoms with van der Waals surface area (Å²) in [5, 5.41) is 0. The Morgan fingerprint density at radius 3 is 2.80 bits per heavy atom. The van der Waals surface area contributed by atoms with E-state index >= 15 is 0 Å². The normalized spacial score (nSPS) is 12.1. The zero-order chi connectivity index (χ0) is 11.1. The van der Waals surface area contributed by atoms with E-state index in [0.29, 0.717) is 0 Å². The summed E-state index contributed by atoms with van der Waals surface area (Å²) in [4.78, 5) is 5.52. The molecule has 1 atom stereocenters. The molecular formula is C13H19NO. The van der Waals surface area contributed by atoms with Gasteiger partial charge in [0.25, 0.3) is 0 Å². The highest BCUT2D eigenvalue weighted by Gasteiger charge is 2.03. The van der Waals surface area contributed by atoms with Gasteiger partial charge in [0.1, 0.15) is 5.75 Å². The Morgan fingerprint density at radius 1 is 1.47 bits per heavy atom. The van der Waals surface area contributed by atoms with Crippen LogP contribution in [0.4, 0.5) is 0 Å². The maximum atomic E-state index is 5.52. The van der Waals surface area contributed by atoms with Crippen molar-refractivity contribution in [3.8, 4) is 5.75 Å². The summed E-state index contributed by atoms with van der Waals surface area (Å²) in [6.07, 6.45) is 4.03. The fourth-order valence-corrected chi connectivity index (χ4v) is 1.35. The first-order chi connectivity index (χ1) is 7.27. The van der Waals surface area contributed by atoms with Crippen molar-refractivity contribution in [2.45, 2.75) is 32.7 Å². The number of hydroxylamine groups is 1. The Morgan fingerprint density at radius 2 is 2.20 bits per heavy atom. The van der Waals surface area contributed by atoms with Crippen LogP contribution >= 0.6 is 0 Å². The predicted octanol–water partition coefficient (Wildman–Crippen LogP) is 3.23. The number of hydrogen-bond acceptors (Lipinski definition) is 2. The summed E-state index contributed by atoms with van der Waals surface area (Å²) in [6, 6.07) is 8.16. The van der Waals surface area contributed by atoms with Gasteiger partial charge in [-0.05, 0) is 25.0 Å². The number of para-hydroxylation sites is 1. The highest BCUT2D eigenvalue weighted by atomic mass is 16.6. The Hall–Kier alpha value is -1.28. The van der Waals surface area contributed by atoms with Gasteiger partial charge in [0.05, 0.1) is 6.04 Å². The minimum absolute atomic E-state index is 0.217. The zero-order valence-corrected chi connectivity index (χ0v) is 9.49. The molecule has 82 valence electrons. The molecule has 0 fully saturated rings. The Kier molecular flexibility index (Phi) is 4.91. The van der Waals surface area contributed by atoms with Gasteiger partial charge in [0.2, 0.25) is 0 Å². The van der Waals surface area contributed by atoms with Gasteiger partial charge in [-0.2, -0.15) is 0 Å². The quantitative estimate of drug-likeness (QED) is 0.568. The van der Waals surface area contributed by atoms with Crippen molar-refractivity contribution in [3.05, 3.63) is 42.5 Å². The van der Waals surface area contributed by atoms with E-state index in [0.717, 1.165) is 24.2 Å². The van der Waals surface area contributed by atoms with Crippen LogP contribution in [-0.2, 0) is 0 Å². The molecule has 0 unspecified atom stereocenters. The van der Waals surface area contributed by atoms with Crippen LogP contribution in [0, 0.1) is 6.92 Å². The SMILES string of the molecule is C=C[C@@H](CCC)NOc1ccccc1C. The van der Waals surface area contributed by atoms with Crippen molar-refractivity contribution in [2.75, 3.05) is 0 Å². The van der Waals surface area contributed by atoms with Crippen molar-refractivity contribution in [2.24, 2.45) is 0 Å². The molecule has 0 aliphatic heterocycles. The second-order valence-electron chi connectivity index (χ2n) is 3.62. The van der Waals surface area contributed by atoms with Crippen LogP contribution in [0.15, 0.2) is 36.9 Å². The van der Waals surface area contributed by atoms with Crippen LogP contribution in [0.3, 0.4) is 0 Å². The van der Waals surface area contributed by atoms with Gasteiger partial charge in [-0.15, -0.1) is 12.1 Å². The van der Waals surface area contributed by atoms with E-state index in [1.807, 2.05) is 37.3 Å². The number of hydrogen-bond donors (Lipinski definition) is 1. The number of benzene rings is 1. The highest BCUT2D eigenvalue weighted by Crippen LogP contribution is 2.15. The smallest absolute Gasteiger partial charge is 0.150 e. The number of aryl methyl sites for hydroxylation is 1. The first-order valence-electron chi connectivity index (χ1n) is 5.38. The predicted molar refractivity (Wildman–Crippen MR) is 63.8 cm³/mol. The first-order valence-corrected chi connectivity index (χ1v) is 5.38. The van der Waals surface area contributed by atoms with E-state index < -0.39 is 0 Å². The maximum Gasteiger partial charge on any atom is 0.150 e. The minimum Gasteiger partial charge on any atom is -0.408 e. The molecule has 0 heterocycles. The van der Waals surface area contributed by atoms with E-state index in [4.69, 9.17) is 4.84 Å². The lowest BCUT2D eigenvalue weighted by Gasteiger charge is -2.15. The highest BCUT2D eigenvalue weighted by molar-refractivity contribution is 5.31. The molecule has 0 bridgehead atoms. The third kappa shape index (κ3) is 3.76. The molecule has 1 aromatic carbocycles. The zero-order valence-electron chi connectivity index (χ0n) is 9.49. The van der Waals surface area contributed by atoms with Crippen molar-refractivity contribution < 1.29 is 4.84 Å². The standard InChI is InChI=1S/C13H19NO/c1-4-8-12(5-2)14-15-13-10-7-6-9-11(13)3/h5-7,9-10,12,14H,2,4,8H2,1,3H3/t12-/m0/s1. The van der Waals surface area contributed by atoms with Gasteiger partial charge in [-0.25, -0.2) is 0 Å². The molecule has 0 saturated heterocycles. The van der Waals surface area contributed by atoms with E-state index in [2.05, 4.69) is 19.0 Å². The van der Waals surface area contributed by atoms with Crippen LogP contribution in [0.25, 0.3) is 0 Å². The summed E-state index contributed by atoms with van der Waals surface area (Å²) < 4.78 is 0. The van der Waals surface area contributed by atoms with E-state index in [1.165, 1.54) is 0 Å². The molecule has 2 heteroatoms. The summed E-state index contributed by atoms with van der Waals surface area (Å²) in [6.45, 7) is 7.94. The average molecular weight is 205 g/mol. The fraction of sp³-hybridized carbons (Fsp3) is 0.385. The molecule has 0 spiro atoms. The molecular weight excluding hydrogens is 186 g/mol. The molecule has 1 aromatic rings. The summed E-state index contributed by atoms with van der Waals surface area (Å²) in [5.74, 6) is 0.875. The van der Waals surface area contributed by atoms with Crippen LogP contribution in [0.1, 0.15) is 25.3 Å². The second kappa shape index (κ2) is 6.25. The molecule has 0 aliphatic carbocycles. The lowest BCUT2D eigenvalue weighted by atomic mass is 10.2. The van der Waals surface area contributed by atoms with Crippen molar-refractivity contribution in [1.29, 1.82) is 0 Å². The lowest BCUT2D eigenvalue weighted by molar-refractivity contribution is 0.167. The van der Waals surface area contributed by atoms with Crippen LogP contribution < -0.4 is 10.3 Å². The number of nitrogens with one attached hydrogen (secondary N) is 1.